The second kappa shape index (κ2) is 57.1. The summed E-state index contributed by atoms with van der Waals surface area (Å²) >= 11 is 0. The first kappa shape index (κ1) is 94.1. The lowest BCUT2D eigenvalue weighted by molar-refractivity contribution is -0.144. The SMILES string of the molecule is C[C@H](N)C(=O)O.NC(N)=NCCC[C@H](N)C(=O)O.NCC(=O)O.N[C@@H](CC(=O)O)C(=O)O.N[C@@H](CCC(=O)O)C(=O)O.N[C@@H](CO)C(=O)O.N[C@@H](Cc1ccc(O)cc1)C(=O)O.N[C@@H](Cc1ccccc1)C(=O)O.N[C@@H](Cc1cnc[nH]1)C(=O)O.O=C(O)[C@@H]1CCCN1. The number of nitrogens with two attached hydrogens (primary N) is 11. The normalized spacial score (nSPS) is 13.7. The van der Waals surface area contributed by atoms with Crippen molar-refractivity contribution in [2.45, 2.75) is 126 Å². The average Bonchev–Trinajstić information content (AvgIpc) is 3.51. The molecule has 2 aromatic carbocycles. The lowest BCUT2D eigenvalue weighted by Crippen LogP contribution is -2.33. The van der Waals surface area contributed by atoms with Gasteiger partial charge in [-0.2, -0.15) is 0 Å². The number of aromatic hydroxyl groups is 1. The van der Waals surface area contributed by atoms with E-state index in [9.17, 15) is 57.5 Å². The van der Waals surface area contributed by atoms with Gasteiger partial charge in [-0.05, 0) is 81.7 Å². The highest BCUT2D eigenvalue weighted by atomic mass is 16.4. The number of H-pyrrole nitrogens is 1. The van der Waals surface area contributed by atoms with Crippen LogP contribution in [-0.4, -0.2) is 240 Å². The number of nitrogens with zero attached hydrogens (tertiary/aromatic N) is 2. The Bertz CT molecular complexity index is 2650. The zero-order valence-corrected chi connectivity index (χ0v) is 50.4. The summed E-state index contributed by atoms with van der Waals surface area (Å²) in [7, 11) is 0. The van der Waals surface area contributed by atoms with E-state index >= 15 is 0 Å². The predicted octanol–water partition coefficient (Wildman–Crippen LogP) is -6.40. The van der Waals surface area contributed by atoms with Crippen LogP contribution in [0.5, 0.6) is 5.75 Å². The Labute approximate surface area is 530 Å². The summed E-state index contributed by atoms with van der Waals surface area (Å²) < 4.78 is 0. The molecule has 38 N–H and O–H groups in total. The lowest BCUT2D eigenvalue weighted by atomic mass is 10.1. The number of hydrogen-bond acceptors (Lipinski definition) is 26. The number of nitrogens with one attached hydrogen (secondary N) is 2. The van der Waals surface area contributed by atoms with Crippen molar-refractivity contribution in [1.29, 1.82) is 0 Å². The molecule has 0 radical (unpaired) electrons. The Kier molecular flexibility index (Phi) is 57.8. The van der Waals surface area contributed by atoms with Crippen molar-refractivity contribution in [3.8, 4) is 5.75 Å². The molecule has 3 aromatic rings. The van der Waals surface area contributed by atoms with Crippen LogP contribution in [0.25, 0.3) is 0 Å². The fourth-order valence-electron chi connectivity index (χ4n) is 4.94. The van der Waals surface area contributed by atoms with Crippen molar-refractivity contribution in [3.63, 3.8) is 0 Å². The minimum Gasteiger partial charge on any atom is -0.508 e. The van der Waals surface area contributed by atoms with E-state index in [0.717, 1.165) is 36.2 Å². The number of hydrogen-bond donors (Lipinski definition) is 27. The van der Waals surface area contributed by atoms with Gasteiger partial charge in [-0.15, -0.1) is 0 Å². The Morgan fingerprint density at radius 3 is 1.24 bits per heavy atom. The number of benzene rings is 2. The van der Waals surface area contributed by atoms with Crippen molar-refractivity contribution < 1.29 is 129 Å². The number of rotatable bonds is 26. The third-order valence-electron chi connectivity index (χ3n) is 10.1. The first-order chi connectivity index (χ1) is 43.0. The molecule has 41 nitrogen and oxygen atoms in total. The molecule has 1 saturated heterocycles. The van der Waals surface area contributed by atoms with Crippen LogP contribution in [0.3, 0.4) is 0 Å². The summed E-state index contributed by atoms with van der Waals surface area (Å²) in [5.74, 6) is -12.3. The van der Waals surface area contributed by atoms with Gasteiger partial charge < -0.3 is 145 Å². The Morgan fingerprint density at radius 2 is 0.957 bits per heavy atom. The second-order valence-corrected chi connectivity index (χ2v) is 18.3. The van der Waals surface area contributed by atoms with Gasteiger partial charge in [0.1, 0.15) is 60.1 Å². The predicted molar refractivity (Wildman–Crippen MR) is 326 cm³/mol. The third-order valence-corrected chi connectivity index (χ3v) is 10.1. The largest absolute Gasteiger partial charge is 0.508 e. The highest BCUT2D eigenvalue weighted by Gasteiger charge is 2.20. The minimum absolute atomic E-state index is 0.0129. The van der Waals surface area contributed by atoms with Crippen LogP contribution in [0, 0.1) is 0 Å². The maximum absolute atomic E-state index is 10.4. The summed E-state index contributed by atoms with van der Waals surface area (Å²) in [5, 5.41) is 118. The number of aromatic amines is 1. The summed E-state index contributed by atoms with van der Waals surface area (Å²) in [6, 6.07) is 7.82. The number of guanidine groups is 1. The van der Waals surface area contributed by atoms with E-state index in [1.165, 1.54) is 25.4 Å². The van der Waals surface area contributed by atoms with E-state index in [-0.39, 0.29) is 50.0 Å². The van der Waals surface area contributed by atoms with Crippen LogP contribution >= 0.6 is 0 Å². The maximum Gasteiger partial charge on any atom is 0.322 e. The monoisotopic (exact) mass is 1340 g/mol. The van der Waals surface area contributed by atoms with Gasteiger partial charge in [-0.25, -0.2) is 4.98 Å². The summed E-state index contributed by atoms with van der Waals surface area (Å²) in [6.45, 7) is 1.91. The Balaban J connectivity index is -0.000000229. The second-order valence-electron chi connectivity index (χ2n) is 18.3. The van der Waals surface area contributed by atoms with Crippen LogP contribution in [0.2, 0.25) is 0 Å². The molecule has 0 spiro atoms. The van der Waals surface area contributed by atoms with Gasteiger partial charge in [-0.1, -0.05) is 42.5 Å². The molecule has 1 aromatic heterocycles. The van der Waals surface area contributed by atoms with Crippen molar-refractivity contribution >= 4 is 77.6 Å². The number of carbonyl (C=O) groups is 12. The molecular formula is C52H89N15O26. The summed E-state index contributed by atoms with van der Waals surface area (Å²) in [4.78, 5) is 130. The molecule has 0 amide bonds. The molecule has 528 valence electrons. The van der Waals surface area contributed by atoms with E-state index in [1.54, 1.807) is 18.3 Å². The molecule has 0 unspecified atom stereocenters. The quantitative estimate of drug-likeness (QED) is 0.0202. The van der Waals surface area contributed by atoms with Crippen molar-refractivity contribution in [1.82, 2.24) is 15.3 Å². The van der Waals surface area contributed by atoms with E-state index in [0.29, 0.717) is 25.8 Å². The van der Waals surface area contributed by atoms with Crippen LogP contribution in [0.15, 0.2) is 72.1 Å². The molecule has 1 fully saturated rings. The molecule has 0 saturated carbocycles. The van der Waals surface area contributed by atoms with Gasteiger partial charge in [0.05, 0.1) is 25.9 Å². The smallest absolute Gasteiger partial charge is 0.322 e. The Morgan fingerprint density at radius 1 is 0.548 bits per heavy atom. The van der Waals surface area contributed by atoms with E-state index in [2.05, 4.69) is 26.0 Å². The number of aliphatic carboxylic acids is 12. The molecule has 0 aliphatic carbocycles. The van der Waals surface area contributed by atoms with Crippen molar-refractivity contribution in [3.05, 3.63) is 83.9 Å². The number of carboxylic acid groups (broad SMARTS) is 12. The van der Waals surface area contributed by atoms with Crippen LogP contribution < -0.4 is 68.4 Å². The topological polar surface area (TPSA) is 827 Å². The fourth-order valence-corrected chi connectivity index (χ4v) is 4.94. The zero-order valence-electron chi connectivity index (χ0n) is 50.4. The molecule has 1 aliphatic rings. The molecule has 1 aliphatic heterocycles. The van der Waals surface area contributed by atoms with Crippen LogP contribution in [0.1, 0.15) is 68.7 Å². The Hall–Kier alpha value is -10.1. The number of imidazole rings is 1. The van der Waals surface area contributed by atoms with Crippen LogP contribution in [-0.2, 0) is 76.8 Å². The van der Waals surface area contributed by atoms with Gasteiger partial charge in [0.25, 0.3) is 0 Å². The molecule has 0 bridgehead atoms. The van der Waals surface area contributed by atoms with Crippen molar-refractivity contribution in [2.24, 2.45) is 68.1 Å². The minimum atomic E-state index is -1.29. The molecule has 4 rings (SSSR count). The van der Waals surface area contributed by atoms with Gasteiger partial charge in [-0.3, -0.25) is 62.5 Å². The maximum atomic E-state index is 10.4. The summed E-state index contributed by atoms with van der Waals surface area (Å²) in [5.41, 5.74) is 57.8. The van der Waals surface area contributed by atoms with E-state index in [4.69, 9.17) is 129 Å². The summed E-state index contributed by atoms with van der Waals surface area (Å²) in [6.07, 6.45) is 5.98. The molecule has 9 atom stereocenters. The number of phenolic OH excluding ortho intramolecular Hbond substituents is 1. The van der Waals surface area contributed by atoms with Crippen molar-refractivity contribution in [2.75, 3.05) is 26.2 Å². The highest BCUT2D eigenvalue weighted by Crippen LogP contribution is 2.11. The first-order valence-electron chi connectivity index (χ1n) is 26.6. The van der Waals surface area contributed by atoms with Gasteiger partial charge in [0.15, 0.2) is 5.96 Å². The zero-order chi connectivity index (χ0) is 73.5. The number of aliphatic hydroxyl groups excluding tert-OH is 1. The lowest BCUT2D eigenvalue weighted by Gasteiger charge is -2.05. The van der Waals surface area contributed by atoms with Gasteiger partial charge in [0, 0.05) is 31.3 Å². The number of carboxylic acids is 12. The standard InChI is InChI=1S/C9H11NO3.C9H11NO2.C6H14N4O2.C6H9N3O2.C5H9NO4.C5H9NO2.C4H7NO4.C3H7NO3.C3H7NO2.C2H5NO2/c10-8(9(12)13)5-6-1-3-7(11)4-2-6;10-8(9(11)12)6-7-4-2-1-3-5-7;7-4(5(11)12)2-1-3-10-6(8)9;7-5(6(10)11)1-4-2-8-3-9-4;6-3(5(9)10)1-2-4(7)8;7-5(8)4-2-1-3-6-4;5-2(4(8)9)1-3(6)7;4-2(1-5)3(6)7;1-2(4)3(5)6;3-1-2(4)5/h1-4,8,11H,5,10H2,(H,12,13);1-5,8H,6,10H2,(H,11,12);4H,1-3,7H2,(H,11,12)(H4,8,9,10);2-3,5H,1,7H2,(H,8,9)(H,10,11);3H,1-2,6H2,(H,7,8)(H,9,10);4,6H,1-3H2,(H,7,8);2H,1,5H2,(H,6,7)(H,8,9);2,5H,1,4H2,(H,6,7);2H,4H2,1H3,(H,5,6);1,3H2,(H,4,5)/t2*8-;4-;5-;3-;4-;3*2-;/m000000000./s1. The number of aliphatic imine (C=N–C) groups is 1. The van der Waals surface area contributed by atoms with Gasteiger partial charge in [0.2, 0.25) is 0 Å². The molecule has 93 heavy (non-hydrogen) atoms. The highest BCUT2D eigenvalue weighted by molar-refractivity contribution is 5.80. The van der Waals surface area contributed by atoms with E-state index in [1.807, 2.05) is 30.3 Å². The molecular weight excluding hydrogens is 1250 g/mol. The fraction of sp³-hybridized carbons (Fsp3) is 0.462. The number of aromatic nitrogens is 2. The number of phenols is 1. The average molecular weight is 1340 g/mol. The first-order valence-corrected chi connectivity index (χ1v) is 26.6. The van der Waals surface area contributed by atoms with Gasteiger partial charge >= 0.3 is 71.6 Å². The van der Waals surface area contributed by atoms with E-state index < -0.39 is 133 Å². The third kappa shape index (κ3) is 64.7. The van der Waals surface area contributed by atoms with Crippen LogP contribution in [0.4, 0.5) is 0 Å². The number of aliphatic hydroxyl groups is 1. The molecule has 41 heteroatoms. The molecule has 2 heterocycles.